The van der Waals surface area contributed by atoms with Crippen LogP contribution in [0.1, 0.15) is 12.0 Å². The Morgan fingerprint density at radius 3 is 2.58 bits per heavy atom. The summed E-state index contributed by atoms with van der Waals surface area (Å²) in [4.78, 5) is 0. The van der Waals surface area contributed by atoms with E-state index in [1.165, 1.54) is 10.0 Å². The highest BCUT2D eigenvalue weighted by Gasteiger charge is 2.11. The van der Waals surface area contributed by atoms with Gasteiger partial charge in [0.25, 0.3) is 0 Å². The van der Waals surface area contributed by atoms with E-state index in [4.69, 9.17) is 9.47 Å². The SMILES string of the molecule is COCCNCC(CCOC)Cc1ccccc1Br. The van der Waals surface area contributed by atoms with Crippen LogP contribution in [-0.2, 0) is 15.9 Å². The molecule has 1 aromatic rings. The summed E-state index contributed by atoms with van der Waals surface area (Å²) in [5.74, 6) is 0.579. The van der Waals surface area contributed by atoms with Gasteiger partial charge in [-0.2, -0.15) is 0 Å². The van der Waals surface area contributed by atoms with Gasteiger partial charge in [0, 0.05) is 31.8 Å². The van der Waals surface area contributed by atoms with Crippen LogP contribution < -0.4 is 5.32 Å². The third kappa shape index (κ3) is 7.06. The van der Waals surface area contributed by atoms with Crippen LogP contribution in [0, 0.1) is 5.92 Å². The maximum absolute atomic E-state index is 5.20. The molecule has 1 N–H and O–H groups in total. The summed E-state index contributed by atoms with van der Waals surface area (Å²) in [6, 6.07) is 8.42. The van der Waals surface area contributed by atoms with E-state index in [1.807, 2.05) is 0 Å². The second-order valence-corrected chi connectivity index (χ2v) is 5.49. The molecule has 0 fully saturated rings. The lowest BCUT2D eigenvalue weighted by molar-refractivity contribution is 0.172. The van der Waals surface area contributed by atoms with Crippen LogP contribution in [0.2, 0.25) is 0 Å². The number of ether oxygens (including phenoxy) is 2. The minimum Gasteiger partial charge on any atom is -0.385 e. The maximum atomic E-state index is 5.20. The van der Waals surface area contributed by atoms with Gasteiger partial charge in [0.2, 0.25) is 0 Å². The van der Waals surface area contributed by atoms with Crippen molar-refractivity contribution < 1.29 is 9.47 Å². The zero-order valence-corrected chi connectivity index (χ0v) is 13.4. The Morgan fingerprint density at radius 2 is 1.89 bits per heavy atom. The minimum absolute atomic E-state index is 0.579. The van der Waals surface area contributed by atoms with Crippen LogP contribution in [0.4, 0.5) is 0 Å². The summed E-state index contributed by atoms with van der Waals surface area (Å²) in [5, 5.41) is 3.44. The topological polar surface area (TPSA) is 30.5 Å². The van der Waals surface area contributed by atoms with Crippen molar-refractivity contribution in [3.63, 3.8) is 0 Å². The number of nitrogens with one attached hydrogen (secondary N) is 1. The van der Waals surface area contributed by atoms with Gasteiger partial charge in [0.15, 0.2) is 0 Å². The Labute approximate surface area is 124 Å². The summed E-state index contributed by atoms with van der Waals surface area (Å²) in [5.41, 5.74) is 1.36. The van der Waals surface area contributed by atoms with E-state index in [0.717, 1.165) is 39.1 Å². The van der Waals surface area contributed by atoms with E-state index in [-0.39, 0.29) is 0 Å². The summed E-state index contributed by atoms with van der Waals surface area (Å²) < 4.78 is 11.4. The van der Waals surface area contributed by atoms with Crippen molar-refractivity contribution in [3.8, 4) is 0 Å². The van der Waals surface area contributed by atoms with Gasteiger partial charge < -0.3 is 14.8 Å². The molecule has 1 rings (SSSR count). The van der Waals surface area contributed by atoms with Crippen LogP contribution in [0.15, 0.2) is 28.7 Å². The zero-order chi connectivity index (χ0) is 13.9. The van der Waals surface area contributed by atoms with Gasteiger partial charge >= 0.3 is 0 Å². The lowest BCUT2D eigenvalue weighted by atomic mass is 9.96. The number of methoxy groups -OCH3 is 2. The smallest absolute Gasteiger partial charge is 0.0587 e. The molecule has 0 heterocycles. The molecule has 0 amide bonds. The first-order valence-corrected chi connectivity index (χ1v) is 7.49. The highest BCUT2D eigenvalue weighted by atomic mass is 79.9. The zero-order valence-electron chi connectivity index (χ0n) is 11.8. The third-order valence-electron chi connectivity index (χ3n) is 3.11. The van der Waals surface area contributed by atoms with Crippen molar-refractivity contribution >= 4 is 15.9 Å². The molecule has 0 spiro atoms. The van der Waals surface area contributed by atoms with E-state index in [9.17, 15) is 0 Å². The molecule has 0 aromatic heterocycles. The number of hydrogen-bond acceptors (Lipinski definition) is 3. The van der Waals surface area contributed by atoms with Crippen molar-refractivity contribution in [2.75, 3.05) is 40.5 Å². The molecule has 0 bridgehead atoms. The van der Waals surface area contributed by atoms with Crippen LogP contribution in [0.5, 0.6) is 0 Å². The predicted octanol–water partition coefficient (Wildman–Crippen LogP) is 2.88. The van der Waals surface area contributed by atoms with Gasteiger partial charge in [-0.05, 0) is 36.9 Å². The van der Waals surface area contributed by atoms with E-state index < -0.39 is 0 Å². The second kappa shape index (κ2) is 10.4. The molecule has 19 heavy (non-hydrogen) atoms. The van der Waals surface area contributed by atoms with Crippen molar-refractivity contribution in [2.45, 2.75) is 12.8 Å². The summed E-state index contributed by atoms with van der Waals surface area (Å²) >= 11 is 3.61. The molecule has 1 atom stereocenters. The minimum atomic E-state index is 0.579. The van der Waals surface area contributed by atoms with E-state index in [2.05, 4.69) is 45.5 Å². The molecule has 108 valence electrons. The van der Waals surface area contributed by atoms with Gasteiger partial charge in [-0.25, -0.2) is 0 Å². The number of halogens is 1. The first-order valence-electron chi connectivity index (χ1n) is 6.70. The maximum Gasteiger partial charge on any atom is 0.0587 e. The number of rotatable bonds is 10. The number of benzene rings is 1. The van der Waals surface area contributed by atoms with Crippen LogP contribution in [0.3, 0.4) is 0 Å². The van der Waals surface area contributed by atoms with Gasteiger partial charge in [0.05, 0.1) is 6.61 Å². The Hall–Kier alpha value is -0.420. The van der Waals surface area contributed by atoms with Gasteiger partial charge in [-0.15, -0.1) is 0 Å². The molecular formula is C15H24BrNO2. The highest BCUT2D eigenvalue weighted by Crippen LogP contribution is 2.20. The first kappa shape index (κ1) is 16.6. The van der Waals surface area contributed by atoms with Crippen molar-refractivity contribution in [3.05, 3.63) is 34.3 Å². The highest BCUT2D eigenvalue weighted by molar-refractivity contribution is 9.10. The summed E-state index contributed by atoms with van der Waals surface area (Å²) in [6.45, 7) is 3.46. The molecule has 0 saturated heterocycles. The van der Waals surface area contributed by atoms with Crippen LogP contribution in [0.25, 0.3) is 0 Å². The number of hydrogen-bond donors (Lipinski definition) is 1. The Balaban J connectivity index is 2.46. The molecule has 3 nitrogen and oxygen atoms in total. The van der Waals surface area contributed by atoms with Gasteiger partial charge in [0.1, 0.15) is 0 Å². The second-order valence-electron chi connectivity index (χ2n) is 4.64. The lowest BCUT2D eigenvalue weighted by Gasteiger charge is -2.18. The van der Waals surface area contributed by atoms with Crippen molar-refractivity contribution in [1.82, 2.24) is 5.32 Å². The van der Waals surface area contributed by atoms with E-state index in [1.54, 1.807) is 14.2 Å². The summed E-state index contributed by atoms with van der Waals surface area (Å²) in [7, 11) is 3.49. The molecule has 0 aliphatic rings. The molecule has 0 saturated carbocycles. The molecule has 1 aromatic carbocycles. The predicted molar refractivity (Wildman–Crippen MR) is 82.6 cm³/mol. The standard InChI is InChI=1S/C15H24BrNO2/c1-18-9-7-13(12-17-8-10-19-2)11-14-5-3-4-6-15(14)16/h3-6,13,17H,7-12H2,1-2H3. The monoisotopic (exact) mass is 329 g/mol. The third-order valence-corrected chi connectivity index (χ3v) is 3.89. The molecule has 1 unspecified atom stereocenters. The fraction of sp³-hybridized carbons (Fsp3) is 0.600. The fourth-order valence-corrected chi connectivity index (χ4v) is 2.46. The normalized spacial score (nSPS) is 12.6. The van der Waals surface area contributed by atoms with Crippen molar-refractivity contribution in [1.29, 1.82) is 0 Å². The largest absolute Gasteiger partial charge is 0.385 e. The average Bonchev–Trinajstić information content (AvgIpc) is 2.43. The van der Waals surface area contributed by atoms with Gasteiger partial charge in [-0.3, -0.25) is 0 Å². The van der Waals surface area contributed by atoms with E-state index >= 15 is 0 Å². The first-order chi connectivity index (χ1) is 9.27. The van der Waals surface area contributed by atoms with Crippen molar-refractivity contribution in [2.24, 2.45) is 5.92 Å². The molecule has 4 heteroatoms. The van der Waals surface area contributed by atoms with Crippen LogP contribution >= 0.6 is 15.9 Å². The molecule has 0 radical (unpaired) electrons. The van der Waals surface area contributed by atoms with E-state index in [0.29, 0.717) is 5.92 Å². The Morgan fingerprint density at radius 1 is 1.16 bits per heavy atom. The molecule has 0 aliphatic heterocycles. The van der Waals surface area contributed by atoms with Gasteiger partial charge in [-0.1, -0.05) is 34.1 Å². The Kier molecular flexibility index (Phi) is 9.08. The Bertz CT molecular complexity index is 347. The average molecular weight is 330 g/mol. The fourth-order valence-electron chi connectivity index (χ4n) is 2.02. The molecular weight excluding hydrogens is 306 g/mol. The summed E-state index contributed by atoms with van der Waals surface area (Å²) in [6.07, 6.45) is 2.13. The van der Waals surface area contributed by atoms with Crippen LogP contribution in [-0.4, -0.2) is 40.5 Å². The molecule has 0 aliphatic carbocycles. The lowest BCUT2D eigenvalue weighted by Crippen LogP contribution is -2.28. The quantitative estimate of drug-likeness (QED) is 0.669.